The number of carbonyl (C=O) groups excluding carboxylic acids is 2. The van der Waals surface area contributed by atoms with E-state index in [-0.39, 0.29) is 34.5 Å². The highest BCUT2D eigenvalue weighted by Gasteiger charge is 2.63. The van der Waals surface area contributed by atoms with Gasteiger partial charge in [0.2, 0.25) is 0 Å². The van der Waals surface area contributed by atoms with E-state index in [1.807, 2.05) is 27.7 Å². The van der Waals surface area contributed by atoms with E-state index in [0.29, 0.717) is 12.8 Å². The molecular weight excluding hydrogens is 360 g/mol. The summed E-state index contributed by atoms with van der Waals surface area (Å²) in [4.78, 5) is 24.9. The Morgan fingerprint density at radius 3 is 2.15 bits per heavy atom. The molecule has 0 spiro atoms. The molecule has 0 unspecified atom stereocenters. The van der Waals surface area contributed by atoms with Crippen molar-refractivity contribution < 1.29 is 23.5 Å². The summed E-state index contributed by atoms with van der Waals surface area (Å²) in [6.45, 7) is 20.5. The predicted molar refractivity (Wildman–Crippen MR) is 108 cm³/mol. The molecular formula is C21H38O5Si. The molecule has 0 aromatic heterocycles. The number of fused-ring (bicyclic) bond motifs is 3. The van der Waals surface area contributed by atoms with Gasteiger partial charge in [0.05, 0.1) is 17.8 Å². The Kier molecular flexibility index (Phi) is 5.81. The first kappa shape index (κ1) is 22.6. The third-order valence-electron chi connectivity index (χ3n) is 6.55. The average molecular weight is 399 g/mol. The molecule has 156 valence electrons. The number of carbonyl (C=O) groups is 2. The van der Waals surface area contributed by atoms with Crippen molar-refractivity contribution in [3.63, 3.8) is 0 Å². The number of ketones is 1. The summed E-state index contributed by atoms with van der Waals surface area (Å²) < 4.78 is 18.5. The Bertz CT molecular complexity index is 601. The molecule has 5 nitrogen and oxygen atoms in total. The first-order chi connectivity index (χ1) is 12.0. The summed E-state index contributed by atoms with van der Waals surface area (Å²) in [6, 6.07) is 0. The van der Waals surface area contributed by atoms with Crippen LogP contribution in [0.4, 0.5) is 0 Å². The summed E-state index contributed by atoms with van der Waals surface area (Å²) in [5.74, 6) is -0.701. The molecule has 5 atom stereocenters. The highest BCUT2D eigenvalue weighted by atomic mass is 28.4. The fourth-order valence-corrected chi connectivity index (χ4v) is 5.46. The number of hydrogen-bond donors (Lipinski definition) is 0. The molecule has 0 heterocycles. The molecule has 3 aliphatic carbocycles. The number of ether oxygens (including phenoxy) is 2. The van der Waals surface area contributed by atoms with E-state index in [1.165, 1.54) is 6.92 Å². The molecule has 2 bridgehead atoms. The van der Waals surface area contributed by atoms with Gasteiger partial charge in [-0.1, -0.05) is 27.7 Å². The van der Waals surface area contributed by atoms with E-state index in [2.05, 4.69) is 33.9 Å². The summed E-state index contributed by atoms with van der Waals surface area (Å²) >= 11 is 0. The molecule has 6 heteroatoms. The van der Waals surface area contributed by atoms with Gasteiger partial charge in [-0.15, -0.1) is 0 Å². The number of rotatable bonds is 4. The Morgan fingerprint density at radius 2 is 1.70 bits per heavy atom. The SMILES string of the molecule is CC(=O)O[C@@H]1C(=O)[C@H]2C[C@H](OC(C)(C)C)[C@@]1(C)C[C@@H]2O[Si](C)(C)C(C)(C)C. The zero-order chi connectivity index (χ0) is 21.0. The van der Waals surface area contributed by atoms with Gasteiger partial charge in [0.15, 0.2) is 20.2 Å². The maximum Gasteiger partial charge on any atom is 0.303 e. The van der Waals surface area contributed by atoms with Crippen molar-refractivity contribution in [3.05, 3.63) is 0 Å². The van der Waals surface area contributed by atoms with Crippen LogP contribution in [0.15, 0.2) is 0 Å². The van der Waals surface area contributed by atoms with Gasteiger partial charge in [-0.05, 0) is 51.7 Å². The third-order valence-corrected chi connectivity index (χ3v) is 11.1. The molecule has 3 aliphatic rings. The van der Waals surface area contributed by atoms with Crippen molar-refractivity contribution in [3.8, 4) is 0 Å². The van der Waals surface area contributed by atoms with Gasteiger partial charge in [-0.25, -0.2) is 0 Å². The topological polar surface area (TPSA) is 61.8 Å². The van der Waals surface area contributed by atoms with E-state index in [9.17, 15) is 9.59 Å². The van der Waals surface area contributed by atoms with Crippen LogP contribution in [0.5, 0.6) is 0 Å². The molecule has 3 saturated carbocycles. The van der Waals surface area contributed by atoms with Crippen LogP contribution in [0.2, 0.25) is 18.1 Å². The Labute approximate surface area is 165 Å². The van der Waals surface area contributed by atoms with E-state index in [4.69, 9.17) is 13.9 Å². The molecule has 27 heavy (non-hydrogen) atoms. The number of Topliss-reactive ketones (excluding diaryl/α,β-unsaturated/α-hetero) is 1. The molecule has 0 aliphatic heterocycles. The molecule has 3 rings (SSSR count). The maximum atomic E-state index is 13.2. The summed E-state index contributed by atoms with van der Waals surface area (Å²) in [5.41, 5.74) is -0.900. The minimum atomic E-state index is -2.02. The first-order valence-corrected chi connectivity index (χ1v) is 13.0. The maximum absolute atomic E-state index is 13.2. The van der Waals surface area contributed by atoms with Gasteiger partial charge < -0.3 is 13.9 Å². The van der Waals surface area contributed by atoms with Crippen LogP contribution >= 0.6 is 0 Å². The third kappa shape index (κ3) is 4.48. The predicted octanol–water partition coefficient (Wildman–Crippen LogP) is 4.49. The second-order valence-electron chi connectivity index (χ2n) is 11.1. The summed E-state index contributed by atoms with van der Waals surface area (Å²) in [5, 5.41) is 0.0737. The van der Waals surface area contributed by atoms with Crippen molar-refractivity contribution in [1.29, 1.82) is 0 Å². The lowest BCUT2D eigenvalue weighted by Gasteiger charge is -2.57. The highest BCUT2D eigenvalue weighted by molar-refractivity contribution is 6.74. The second kappa shape index (κ2) is 6.96. The van der Waals surface area contributed by atoms with Gasteiger partial charge in [0.25, 0.3) is 0 Å². The molecule has 0 N–H and O–H groups in total. The van der Waals surface area contributed by atoms with Crippen molar-refractivity contribution in [1.82, 2.24) is 0 Å². The zero-order valence-corrected chi connectivity index (χ0v) is 19.8. The summed E-state index contributed by atoms with van der Waals surface area (Å²) in [6.07, 6.45) is 0.289. The van der Waals surface area contributed by atoms with Gasteiger partial charge >= 0.3 is 5.97 Å². The lowest BCUT2D eigenvalue weighted by Crippen LogP contribution is -2.67. The largest absolute Gasteiger partial charge is 0.454 e. The van der Waals surface area contributed by atoms with Crippen LogP contribution in [-0.2, 0) is 23.5 Å². The molecule has 3 fully saturated rings. The van der Waals surface area contributed by atoms with E-state index in [1.54, 1.807) is 0 Å². The van der Waals surface area contributed by atoms with E-state index >= 15 is 0 Å². The van der Waals surface area contributed by atoms with E-state index in [0.717, 1.165) is 0 Å². The average Bonchev–Trinajstić information content (AvgIpc) is 2.42. The van der Waals surface area contributed by atoms with Crippen LogP contribution < -0.4 is 0 Å². The van der Waals surface area contributed by atoms with Crippen molar-refractivity contribution >= 4 is 20.1 Å². The van der Waals surface area contributed by atoms with Gasteiger partial charge in [0.1, 0.15) is 0 Å². The highest BCUT2D eigenvalue weighted by Crippen LogP contribution is 2.54. The van der Waals surface area contributed by atoms with Crippen LogP contribution in [0, 0.1) is 11.3 Å². The first-order valence-electron chi connectivity index (χ1n) is 10.0. The van der Waals surface area contributed by atoms with Crippen LogP contribution in [0.3, 0.4) is 0 Å². The standard InChI is InChI=1S/C21H38O5Si/c1-13(22)24-18-17(23)14-11-16(25-19(2,3)4)21(18,8)12-15(14)26-27(9,10)20(5,6)7/h14-16,18H,11-12H2,1-10H3/t14-,15-,16-,18+,21+/m0/s1. The minimum Gasteiger partial charge on any atom is -0.454 e. The zero-order valence-electron chi connectivity index (χ0n) is 18.8. The van der Waals surface area contributed by atoms with Gasteiger partial charge in [-0.2, -0.15) is 0 Å². The quantitative estimate of drug-likeness (QED) is 0.516. The van der Waals surface area contributed by atoms with E-state index < -0.39 is 25.8 Å². The van der Waals surface area contributed by atoms with Crippen LogP contribution in [0.1, 0.15) is 68.2 Å². The molecule has 0 aromatic rings. The lowest BCUT2D eigenvalue weighted by molar-refractivity contribution is -0.225. The minimum absolute atomic E-state index is 0.00332. The molecule has 0 saturated heterocycles. The van der Waals surface area contributed by atoms with Crippen molar-refractivity contribution in [2.24, 2.45) is 11.3 Å². The fraction of sp³-hybridized carbons (Fsp3) is 0.905. The van der Waals surface area contributed by atoms with Crippen LogP contribution in [0.25, 0.3) is 0 Å². The fourth-order valence-electron chi connectivity index (χ4n) is 4.10. The summed E-state index contributed by atoms with van der Waals surface area (Å²) in [7, 11) is -2.02. The normalized spacial score (nSPS) is 34.7. The number of esters is 1. The van der Waals surface area contributed by atoms with Crippen molar-refractivity contribution in [2.45, 2.75) is 110 Å². The Balaban J connectivity index is 2.35. The van der Waals surface area contributed by atoms with Crippen molar-refractivity contribution in [2.75, 3.05) is 0 Å². The monoisotopic (exact) mass is 398 g/mol. The number of hydrogen-bond acceptors (Lipinski definition) is 5. The molecule has 0 amide bonds. The lowest BCUT2D eigenvalue weighted by atomic mass is 9.56. The van der Waals surface area contributed by atoms with Crippen LogP contribution in [-0.4, -0.2) is 44.0 Å². The Morgan fingerprint density at radius 1 is 1.15 bits per heavy atom. The van der Waals surface area contributed by atoms with Gasteiger partial charge in [-0.3, -0.25) is 9.59 Å². The molecule has 0 radical (unpaired) electrons. The smallest absolute Gasteiger partial charge is 0.303 e. The Hall–Kier alpha value is -0.723. The van der Waals surface area contributed by atoms with Gasteiger partial charge in [0, 0.05) is 18.3 Å². The molecule has 0 aromatic carbocycles. The second-order valence-corrected chi connectivity index (χ2v) is 15.8.